The fourth-order valence-corrected chi connectivity index (χ4v) is 5.66. The van der Waals surface area contributed by atoms with Crippen molar-refractivity contribution in [3.8, 4) is 0 Å². The molecule has 0 radical (unpaired) electrons. The molecule has 1 atom stereocenters. The standard InChI is InChI=1S/C18H26Cl2N2O3S/c1-12(2)16(18(23)21-13-8-5-3-4-6-9-13)22-26(24,25)17-14(19)10-7-11-15(17)20/h7,10-13,16,22H,3-6,8-9H2,1-2H3,(H,21,23). The number of hydrogen-bond donors (Lipinski definition) is 2. The van der Waals surface area contributed by atoms with Crippen LogP contribution >= 0.6 is 23.2 Å². The molecule has 1 aromatic rings. The Kier molecular flexibility index (Phi) is 7.76. The van der Waals surface area contributed by atoms with Gasteiger partial charge in [-0.25, -0.2) is 8.42 Å². The van der Waals surface area contributed by atoms with E-state index >= 15 is 0 Å². The first kappa shape index (κ1) is 21.5. The van der Waals surface area contributed by atoms with E-state index in [9.17, 15) is 13.2 Å². The monoisotopic (exact) mass is 420 g/mol. The minimum Gasteiger partial charge on any atom is -0.352 e. The summed E-state index contributed by atoms with van der Waals surface area (Å²) < 4.78 is 28.0. The van der Waals surface area contributed by atoms with Gasteiger partial charge in [-0.15, -0.1) is 0 Å². The number of sulfonamides is 1. The van der Waals surface area contributed by atoms with Crippen molar-refractivity contribution in [2.45, 2.75) is 69.4 Å². The van der Waals surface area contributed by atoms with Gasteiger partial charge in [0.15, 0.2) is 0 Å². The fraction of sp³-hybridized carbons (Fsp3) is 0.611. The summed E-state index contributed by atoms with van der Waals surface area (Å²) >= 11 is 12.1. The summed E-state index contributed by atoms with van der Waals surface area (Å²) in [5.41, 5.74) is 0. The van der Waals surface area contributed by atoms with Crippen LogP contribution in [-0.4, -0.2) is 26.4 Å². The molecule has 0 aromatic heterocycles. The summed E-state index contributed by atoms with van der Waals surface area (Å²) in [6, 6.07) is 3.69. The van der Waals surface area contributed by atoms with Gasteiger partial charge in [0.05, 0.1) is 10.0 Å². The molecule has 5 nitrogen and oxygen atoms in total. The maximum atomic E-state index is 12.8. The molecule has 1 saturated carbocycles. The molecule has 2 N–H and O–H groups in total. The van der Waals surface area contributed by atoms with Gasteiger partial charge in [0.1, 0.15) is 10.9 Å². The number of carbonyl (C=O) groups excluding carboxylic acids is 1. The Hall–Kier alpha value is -0.820. The highest BCUT2D eigenvalue weighted by molar-refractivity contribution is 7.89. The molecular formula is C18H26Cl2N2O3S. The average Bonchev–Trinajstić information content (AvgIpc) is 2.80. The summed E-state index contributed by atoms with van der Waals surface area (Å²) in [5.74, 6) is -0.532. The van der Waals surface area contributed by atoms with E-state index < -0.39 is 16.1 Å². The van der Waals surface area contributed by atoms with E-state index in [2.05, 4.69) is 10.0 Å². The molecule has 0 aliphatic heterocycles. The fourth-order valence-electron chi connectivity index (χ4n) is 3.17. The lowest BCUT2D eigenvalue weighted by molar-refractivity contribution is -0.124. The Labute approximate surface area is 165 Å². The van der Waals surface area contributed by atoms with Crippen LogP contribution in [0.5, 0.6) is 0 Å². The van der Waals surface area contributed by atoms with Crippen LogP contribution in [0.1, 0.15) is 52.4 Å². The Morgan fingerprint density at radius 1 is 1.08 bits per heavy atom. The quantitative estimate of drug-likeness (QED) is 0.678. The van der Waals surface area contributed by atoms with Crippen LogP contribution in [0.15, 0.2) is 23.1 Å². The molecule has 1 aliphatic rings. The van der Waals surface area contributed by atoms with Crippen LogP contribution < -0.4 is 10.0 Å². The van der Waals surface area contributed by atoms with Crippen molar-refractivity contribution >= 4 is 39.1 Å². The predicted octanol–water partition coefficient (Wildman–Crippen LogP) is 4.14. The second-order valence-electron chi connectivity index (χ2n) is 7.09. The first-order valence-corrected chi connectivity index (χ1v) is 11.2. The first-order chi connectivity index (χ1) is 12.2. The van der Waals surface area contributed by atoms with Gasteiger partial charge in [-0.2, -0.15) is 4.72 Å². The number of carbonyl (C=O) groups is 1. The van der Waals surface area contributed by atoms with Crippen LogP contribution in [0.2, 0.25) is 10.0 Å². The van der Waals surface area contributed by atoms with Gasteiger partial charge in [0, 0.05) is 6.04 Å². The molecule has 2 rings (SSSR count). The smallest absolute Gasteiger partial charge is 0.244 e. The second kappa shape index (κ2) is 9.40. The molecule has 1 fully saturated rings. The highest BCUT2D eigenvalue weighted by atomic mass is 35.5. The minimum atomic E-state index is -4.03. The van der Waals surface area contributed by atoms with Crippen molar-refractivity contribution in [3.63, 3.8) is 0 Å². The minimum absolute atomic E-state index is 0.0247. The number of amides is 1. The number of rotatable bonds is 6. The Morgan fingerprint density at radius 3 is 2.12 bits per heavy atom. The molecule has 1 aromatic carbocycles. The van der Waals surface area contributed by atoms with E-state index in [1.807, 2.05) is 0 Å². The van der Waals surface area contributed by atoms with Crippen LogP contribution in [0.25, 0.3) is 0 Å². The van der Waals surface area contributed by atoms with E-state index in [4.69, 9.17) is 23.2 Å². The highest BCUT2D eigenvalue weighted by Gasteiger charge is 2.31. The van der Waals surface area contributed by atoms with Gasteiger partial charge in [-0.1, -0.05) is 68.8 Å². The van der Waals surface area contributed by atoms with Crippen LogP contribution in [-0.2, 0) is 14.8 Å². The molecule has 1 unspecified atom stereocenters. The van der Waals surface area contributed by atoms with Crippen molar-refractivity contribution in [1.82, 2.24) is 10.0 Å². The van der Waals surface area contributed by atoms with Crippen molar-refractivity contribution < 1.29 is 13.2 Å². The molecule has 26 heavy (non-hydrogen) atoms. The predicted molar refractivity (Wildman–Crippen MR) is 105 cm³/mol. The number of hydrogen-bond acceptors (Lipinski definition) is 3. The highest BCUT2D eigenvalue weighted by Crippen LogP contribution is 2.29. The van der Waals surface area contributed by atoms with Crippen LogP contribution in [0, 0.1) is 5.92 Å². The van der Waals surface area contributed by atoms with Gasteiger partial charge in [0.2, 0.25) is 15.9 Å². The first-order valence-electron chi connectivity index (χ1n) is 8.99. The van der Waals surface area contributed by atoms with Gasteiger partial charge in [0.25, 0.3) is 0 Å². The topological polar surface area (TPSA) is 75.3 Å². The zero-order valence-electron chi connectivity index (χ0n) is 15.1. The van der Waals surface area contributed by atoms with Gasteiger partial charge in [-0.05, 0) is 30.9 Å². The molecule has 0 heterocycles. The second-order valence-corrected chi connectivity index (χ2v) is 9.56. The third kappa shape index (κ3) is 5.59. The lowest BCUT2D eigenvalue weighted by Crippen LogP contribution is -2.52. The van der Waals surface area contributed by atoms with E-state index in [0.717, 1.165) is 25.7 Å². The molecule has 0 bridgehead atoms. The number of benzene rings is 1. The molecule has 0 spiro atoms. The molecular weight excluding hydrogens is 395 g/mol. The summed E-state index contributed by atoms with van der Waals surface area (Å²) in [7, 11) is -4.03. The summed E-state index contributed by atoms with van der Waals surface area (Å²) in [6.45, 7) is 3.60. The summed E-state index contributed by atoms with van der Waals surface area (Å²) in [5, 5.41) is 3.06. The lowest BCUT2D eigenvalue weighted by atomic mass is 10.0. The third-order valence-electron chi connectivity index (χ3n) is 4.62. The summed E-state index contributed by atoms with van der Waals surface area (Å²) in [4.78, 5) is 12.5. The molecule has 146 valence electrons. The average molecular weight is 421 g/mol. The van der Waals surface area contributed by atoms with E-state index in [0.29, 0.717) is 0 Å². The SMILES string of the molecule is CC(C)C(NS(=O)(=O)c1c(Cl)cccc1Cl)C(=O)NC1CCCCCC1. The Balaban J connectivity index is 2.17. The van der Waals surface area contributed by atoms with Crippen molar-refractivity contribution in [2.75, 3.05) is 0 Å². The lowest BCUT2D eigenvalue weighted by Gasteiger charge is -2.25. The van der Waals surface area contributed by atoms with Crippen molar-refractivity contribution in [2.24, 2.45) is 5.92 Å². The van der Waals surface area contributed by atoms with Crippen LogP contribution in [0.4, 0.5) is 0 Å². The maximum Gasteiger partial charge on any atom is 0.244 e. The van der Waals surface area contributed by atoms with Gasteiger partial charge in [-0.3, -0.25) is 4.79 Å². The van der Waals surface area contributed by atoms with E-state index in [-0.39, 0.29) is 32.8 Å². The van der Waals surface area contributed by atoms with Gasteiger partial charge < -0.3 is 5.32 Å². The Morgan fingerprint density at radius 2 is 1.62 bits per heavy atom. The largest absolute Gasteiger partial charge is 0.352 e. The van der Waals surface area contributed by atoms with Crippen LogP contribution in [0.3, 0.4) is 0 Å². The number of halogens is 2. The Bertz CT molecular complexity index is 710. The number of nitrogens with one attached hydrogen (secondary N) is 2. The van der Waals surface area contributed by atoms with Gasteiger partial charge >= 0.3 is 0 Å². The maximum absolute atomic E-state index is 12.8. The molecule has 1 amide bonds. The normalized spacial score (nSPS) is 17.7. The molecule has 1 aliphatic carbocycles. The summed E-state index contributed by atoms with van der Waals surface area (Å²) in [6.07, 6.45) is 6.38. The molecule has 8 heteroatoms. The molecule has 0 saturated heterocycles. The van der Waals surface area contributed by atoms with E-state index in [1.165, 1.54) is 25.0 Å². The van der Waals surface area contributed by atoms with Crippen molar-refractivity contribution in [1.29, 1.82) is 0 Å². The van der Waals surface area contributed by atoms with Crippen molar-refractivity contribution in [3.05, 3.63) is 28.2 Å². The third-order valence-corrected chi connectivity index (χ3v) is 7.02. The zero-order valence-corrected chi connectivity index (χ0v) is 17.4. The zero-order chi connectivity index (χ0) is 19.3. The van der Waals surface area contributed by atoms with E-state index in [1.54, 1.807) is 19.9 Å².